The van der Waals surface area contributed by atoms with Crippen LogP contribution in [0.25, 0.3) is 11.6 Å². The van der Waals surface area contributed by atoms with Crippen molar-refractivity contribution in [1.82, 2.24) is 0 Å². The molecule has 1 aliphatic heterocycles. The smallest absolute Gasteiger partial charge is 0.392 e. The highest BCUT2D eigenvalue weighted by Gasteiger charge is 2.27. The number of methoxy groups -OCH3 is 1. The van der Waals surface area contributed by atoms with Gasteiger partial charge in [-0.1, -0.05) is 37.6 Å². The molecule has 0 spiro atoms. The summed E-state index contributed by atoms with van der Waals surface area (Å²) in [7, 11) is 1.49. The van der Waals surface area contributed by atoms with Crippen molar-refractivity contribution in [3.8, 4) is 17.2 Å². The number of aryl methyl sites for hydroxylation is 1. The lowest BCUT2D eigenvalue weighted by Gasteiger charge is -2.23. The van der Waals surface area contributed by atoms with Gasteiger partial charge in [0.25, 0.3) is 0 Å². The summed E-state index contributed by atoms with van der Waals surface area (Å²) in [6, 6.07) is 12.3. The monoisotopic (exact) mass is 460 g/mol. The number of benzene rings is 3. The summed E-state index contributed by atoms with van der Waals surface area (Å²) in [6.07, 6.45) is -3.74. The van der Waals surface area contributed by atoms with Crippen LogP contribution in [0.4, 0.5) is 22.0 Å². The van der Waals surface area contributed by atoms with Crippen LogP contribution in [0.1, 0.15) is 36.5 Å². The third-order valence-electron chi connectivity index (χ3n) is 5.46. The first kappa shape index (κ1) is 22.8. The first-order chi connectivity index (χ1) is 15.7. The maximum absolute atomic E-state index is 14.9. The molecule has 0 saturated carbocycles. The summed E-state index contributed by atoms with van der Waals surface area (Å²) in [5, 5.41) is 0.0843. The molecule has 0 N–H and O–H groups in total. The van der Waals surface area contributed by atoms with E-state index in [0.29, 0.717) is 45.4 Å². The van der Waals surface area contributed by atoms with E-state index in [1.54, 1.807) is 30.3 Å². The van der Waals surface area contributed by atoms with Crippen LogP contribution in [-0.2, 0) is 6.42 Å². The van der Waals surface area contributed by atoms with Gasteiger partial charge in [-0.25, -0.2) is 8.78 Å². The third kappa shape index (κ3) is 4.58. The summed E-state index contributed by atoms with van der Waals surface area (Å²) in [4.78, 5) is 0. The molecule has 172 valence electrons. The average Bonchev–Trinajstić information content (AvgIpc) is 2.77. The van der Waals surface area contributed by atoms with Crippen LogP contribution < -0.4 is 19.9 Å². The topological polar surface area (TPSA) is 18.5 Å². The Labute approximate surface area is 187 Å². The van der Waals surface area contributed by atoms with Crippen LogP contribution in [0.15, 0.2) is 48.5 Å². The zero-order valence-corrected chi connectivity index (χ0v) is 18.0. The predicted octanol–water partition coefficient (Wildman–Crippen LogP) is 6.01. The quantitative estimate of drug-likeness (QED) is 0.340. The molecule has 0 radical (unpaired) electrons. The molecule has 0 amide bonds. The second-order valence-corrected chi connectivity index (χ2v) is 7.76. The third-order valence-corrected chi connectivity index (χ3v) is 5.46. The molecule has 0 fully saturated rings. The highest BCUT2D eigenvalue weighted by molar-refractivity contribution is 5.87. The lowest BCUT2D eigenvalue weighted by atomic mass is 9.90. The van der Waals surface area contributed by atoms with E-state index in [4.69, 9.17) is 9.47 Å². The van der Waals surface area contributed by atoms with E-state index in [-0.39, 0.29) is 11.0 Å². The molecule has 2 nitrogen and oxygen atoms in total. The van der Waals surface area contributed by atoms with Crippen molar-refractivity contribution in [3.05, 3.63) is 87.3 Å². The molecule has 0 bridgehead atoms. The van der Waals surface area contributed by atoms with E-state index in [1.807, 2.05) is 6.92 Å². The second-order valence-electron chi connectivity index (χ2n) is 7.76. The van der Waals surface area contributed by atoms with Gasteiger partial charge in [-0.3, -0.25) is 0 Å². The van der Waals surface area contributed by atoms with Gasteiger partial charge in [-0.15, -0.1) is 0 Å². The molecule has 0 aliphatic carbocycles. The number of halogens is 5. The van der Waals surface area contributed by atoms with Crippen molar-refractivity contribution in [2.24, 2.45) is 0 Å². The molecule has 0 atom stereocenters. The molecular formula is C26H21F5O2. The predicted molar refractivity (Wildman–Crippen MR) is 116 cm³/mol. The number of para-hydroxylation sites is 1. The van der Waals surface area contributed by atoms with Crippen LogP contribution in [0, 0.1) is 11.6 Å². The van der Waals surface area contributed by atoms with Crippen molar-refractivity contribution in [3.63, 3.8) is 0 Å². The van der Waals surface area contributed by atoms with Crippen molar-refractivity contribution in [2.75, 3.05) is 7.11 Å². The highest BCUT2D eigenvalue weighted by Crippen LogP contribution is 2.40. The Morgan fingerprint density at radius 2 is 1.70 bits per heavy atom. The summed E-state index contributed by atoms with van der Waals surface area (Å²) in [5.41, 5.74) is 1.94. The summed E-state index contributed by atoms with van der Waals surface area (Å²) in [5.74, 6) is -0.224. The Morgan fingerprint density at radius 1 is 0.939 bits per heavy atom. The Kier molecular flexibility index (Phi) is 6.15. The second kappa shape index (κ2) is 8.89. The van der Waals surface area contributed by atoms with E-state index >= 15 is 0 Å². The van der Waals surface area contributed by atoms with Crippen LogP contribution in [0.5, 0.6) is 17.2 Å². The number of alkyl halides is 3. The number of ether oxygens (including phenoxy) is 2. The first-order valence-electron chi connectivity index (χ1n) is 10.5. The maximum Gasteiger partial charge on any atom is 0.392 e. The number of hydrogen-bond acceptors (Lipinski definition) is 2. The molecule has 3 aromatic rings. The molecule has 1 heterocycles. The van der Waals surface area contributed by atoms with Gasteiger partial charge in [0.1, 0.15) is 28.9 Å². The number of hydrogen-bond donors (Lipinski definition) is 0. The lowest BCUT2D eigenvalue weighted by molar-refractivity contribution is -0.122. The Morgan fingerprint density at radius 3 is 2.39 bits per heavy atom. The van der Waals surface area contributed by atoms with Gasteiger partial charge in [0, 0.05) is 27.1 Å². The first-order valence-corrected chi connectivity index (χ1v) is 10.5. The number of fused-ring (bicyclic) bond motifs is 2. The molecule has 4 rings (SSSR count). The highest BCUT2D eigenvalue weighted by atomic mass is 19.4. The minimum Gasteiger partial charge on any atom is -0.496 e. The fraction of sp³-hybridized carbons (Fsp3) is 0.231. The number of rotatable bonds is 5. The van der Waals surface area contributed by atoms with Gasteiger partial charge >= 0.3 is 6.18 Å². The van der Waals surface area contributed by atoms with Crippen molar-refractivity contribution >= 4 is 11.6 Å². The zero-order valence-electron chi connectivity index (χ0n) is 18.0. The average molecular weight is 460 g/mol. The van der Waals surface area contributed by atoms with Gasteiger partial charge in [0.05, 0.1) is 13.5 Å². The van der Waals surface area contributed by atoms with E-state index in [1.165, 1.54) is 19.2 Å². The van der Waals surface area contributed by atoms with Crippen LogP contribution in [0.2, 0.25) is 0 Å². The van der Waals surface area contributed by atoms with Crippen molar-refractivity contribution in [1.29, 1.82) is 0 Å². The van der Waals surface area contributed by atoms with E-state index < -0.39 is 24.2 Å². The van der Waals surface area contributed by atoms with E-state index in [2.05, 4.69) is 0 Å². The summed E-state index contributed by atoms with van der Waals surface area (Å²) in [6.45, 7) is 1.92. The SMILES string of the molecule is CCCc1cc2c(cc1F)C(c1ccccc1OC)=c1cc(F)/c(=C\CC(F)(F)F)cc1O2. The van der Waals surface area contributed by atoms with Crippen LogP contribution in [-0.4, -0.2) is 13.3 Å². The standard InChI is InChI=1S/C26H21F5O2/c1-3-6-15-11-23-18(13-20(15)27)25(17-7-4-5-8-22(17)32-2)19-14-21(28)16(12-24(19)33-23)9-10-26(29,30)31/h4-5,7-9,11-14H,3,6,10H2,1-2H3/b16-9-. The molecule has 0 aromatic heterocycles. The zero-order chi connectivity index (χ0) is 23.8. The Bertz CT molecular complexity index is 1330. The van der Waals surface area contributed by atoms with Gasteiger partial charge in [-0.05, 0) is 42.3 Å². The van der Waals surface area contributed by atoms with Gasteiger partial charge < -0.3 is 9.47 Å². The molecular weight excluding hydrogens is 439 g/mol. The van der Waals surface area contributed by atoms with Crippen LogP contribution >= 0.6 is 0 Å². The normalized spacial score (nSPS) is 13.4. The van der Waals surface area contributed by atoms with Gasteiger partial charge in [-0.2, -0.15) is 13.2 Å². The van der Waals surface area contributed by atoms with Crippen molar-refractivity contribution in [2.45, 2.75) is 32.4 Å². The van der Waals surface area contributed by atoms with E-state index in [9.17, 15) is 22.0 Å². The minimum absolute atomic E-state index is 0.187. The lowest BCUT2D eigenvalue weighted by Crippen LogP contribution is -2.23. The van der Waals surface area contributed by atoms with Crippen molar-refractivity contribution < 1.29 is 31.4 Å². The maximum atomic E-state index is 14.9. The van der Waals surface area contributed by atoms with Gasteiger partial charge in [0.2, 0.25) is 0 Å². The summed E-state index contributed by atoms with van der Waals surface area (Å²) < 4.78 is 79.3. The molecule has 7 heteroatoms. The summed E-state index contributed by atoms with van der Waals surface area (Å²) >= 11 is 0. The molecule has 0 unspecified atom stereocenters. The van der Waals surface area contributed by atoms with Crippen LogP contribution in [0.3, 0.4) is 0 Å². The Balaban J connectivity index is 2.05. The molecule has 0 saturated heterocycles. The largest absolute Gasteiger partial charge is 0.496 e. The fourth-order valence-corrected chi connectivity index (χ4v) is 3.97. The van der Waals surface area contributed by atoms with Gasteiger partial charge in [0.15, 0.2) is 0 Å². The minimum atomic E-state index is -4.46. The van der Waals surface area contributed by atoms with E-state index in [0.717, 1.165) is 18.6 Å². The molecule has 3 aromatic carbocycles. The fourth-order valence-electron chi connectivity index (χ4n) is 3.97. The Hall–Kier alpha value is -3.35. The molecule has 33 heavy (non-hydrogen) atoms. The molecule has 1 aliphatic rings.